The molecule has 4 aromatic rings. The zero-order valence-corrected chi connectivity index (χ0v) is 19.3. The number of sulfone groups is 1. The van der Waals surface area contributed by atoms with E-state index in [1.807, 2.05) is 0 Å². The zero-order chi connectivity index (χ0) is 23.2. The Morgan fingerprint density at radius 2 is 1.82 bits per heavy atom. The van der Waals surface area contributed by atoms with Crippen LogP contribution in [0.4, 0.5) is 0 Å². The second kappa shape index (κ2) is 8.22. The van der Waals surface area contributed by atoms with Crippen molar-refractivity contribution in [2.24, 2.45) is 5.92 Å². The molecule has 33 heavy (non-hydrogen) atoms. The topological polar surface area (TPSA) is 119 Å². The van der Waals surface area contributed by atoms with Crippen LogP contribution in [0.1, 0.15) is 37.1 Å². The second-order valence-corrected chi connectivity index (χ2v) is 10.7. The molecule has 1 aliphatic rings. The Hall–Kier alpha value is -3.33. The monoisotopic (exact) mass is 464 g/mol. The van der Waals surface area contributed by atoms with E-state index >= 15 is 0 Å². The average Bonchev–Trinajstić information content (AvgIpc) is 3.41. The van der Waals surface area contributed by atoms with Crippen LogP contribution in [0.15, 0.2) is 50.9 Å². The smallest absolute Gasteiger partial charge is 0.259 e. The van der Waals surface area contributed by atoms with Crippen molar-refractivity contribution >= 4 is 20.7 Å². The molecule has 0 spiro atoms. The molecule has 0 radical (unpaired) electrons. The predicted molar refractivity (Wildman–Crippen MR) is 125 cm³/mol. The summed E-state index contributed by atoms with van der Waals surface area (Å²) in [6.45, 7) is 3.59. The molecular weight excluding hydrogens is 440 g/mol. The number of aromatic amines is 1. The van der Waals surface area contributed by atoms with Crippen LogP contribution < -0.4 is 5.56 Å². The van der Waals surface area contributed by atoms with Crippen molar-refractivity contribution in [2.75, 3.05) is 5.75 Å². The second-order valence-electron chi connectivity index (χ2n) is 8.65. The molecule has 8 nitrogen and oxygen atoms in total. The van der Waals surface area contributed by atoms with Crippen LogP contribution in [0.3, 0.4) is 0 Å². The molecule has 0 bridgehead atoms. The molecule has 1 fully saturated rings. The third-order valence-corrected chi connectivity index (χ3v) is 8.24. The number of benzene rings is 1. The van der Waals surface area contributed by atoms with Crippen LogP contribution >= 0.6 is 0 Å². The molecule has 0 unspecified atom stereocenters. The van der Waals surface area contributed by atoms with Gasteiger partial charge in [-0.2, -0.15) is 0 Å². The van der Waals surface area contributed by atoms with E-state index in [1.165, 1.54) is 0 Å². The van der Waals surface area contributed by atoms with Crippen LogP contribution in [0, 0.1) is 19.8 Å². The maximum Gasteiger partial charge on any atom is 0.259 e. The molecule has 170 valence electrons. The minimum Gasteiger partial charge on any atom is -0.361 e. The Morgan fingerprint density at radius 1 is 1.09 bits per heavy atom. The van der Waals surface area contributed by atoms with Crippen molar-refractivity contribution in [3.05, 3.63) is 58.5 Å². The maximum absolute atomic E-state index is 13.7. The fraction of sp³-hybridized carbons (Fsp3) is 0.333. The normalized spacial score (nSPS) is 14.8. The number of fused-ring (bicyclic) bond motifs is 1. The number of H-pyrrole nitrogens is 1. The molecule has 1 saturated carbocycles. The predicted octanol–water partition coefficient (Wildman–Crippen LogP) is 4.22. The number of aromatic nitrogens is 4. The molecule has 3 aromatic heterocycles. The van der Waals surface area contributed by atoms with Gasteiger partial charge in [-0.25, -0.2) is 18.4 Å². The minimum atomic E-state index is -3.64. The SMILES string of the molecule is Cc1noc(C)c1-c1cc(S(=O)(=O)CC2CCCC2)c2cc(-c3ncccn3)c(=O)[nH]c2c1. The summed E-state index contributed by atoms with van der Waals surface area (Å²) in [5.74, 6) is 1.06. The van der Waals surface area contributed by atoms with E-state index in [9.17, 15) is 13.2 Å². The molecule has 1 aromatic carbocycles. The van der Waals surface area contributed by atoms with Gasteiger partial charge >= 0.3 is 0 Å². The number of hydrogen-bond donors (Lipinski definition) is 1. The van der Waals surface area contributed by atoms with Crippen LogP contribution in [-0.4, -0.2) is 34.3 Å². The lowest BCUT2D eigenvalue weighted by atomic mass is 10.0. The van der Waals surface area contributed by atoms with Crippen LogP contribution in [0.5, 0.6) is 0 Å². The highest BCUT2D eigenvalue weighted by Gasteiger charge is 2.27. The van der Waals surface area contributed by atoms with Gasteiger partial charge in [0.25, 0.3) is 5.56 Å². The van der Waals surface area contributed by atoms with E-state index < -0.39 is 9.84 Å². The molecule has 5 rings (SSSR count). The van der Waals surface area contributed by atoms with Gasteiger partial charge in [0.1, 0.15) is 5.76 Å². The number of aryl methyl sites for hydroxylation is 2. The Bertz CT molecular complexity index is 1480. The Morgan fingerprint density at radius 3 is 2.48 bits per heavy atom. The quantitative estimate of drug-likeness (QED) is 0.470. The van der Waals surface area contributed by atoms with Crippen molar-refractivity contribution in [2.45, 2.75) is 44.4 Å². The maximum atomic E-state index is 13.7. The largest absolute Gasteiger partial charge is 0.361 e. The highest BCUT2D eigenvalue weighted by molar-refractivity contribution is 7.91. The lowest BCUT2D eigenvalue weighted by Crippen LogP contribution is -2.16. The molecule has 0 atom stereocenters. The van der Waals surface area contributed by atoms with Crippen molar-refractivity contribution in [1.82, 2.24) is 20.1 Å². The number of nitrogens with one attached hydrogen (secondary N) is 1. The standard InChI is InChI=1S/C24H24N4O4S/c1-14-22(15(2)32-28-14)17-10-20-18(12-19(24(29)27-20)23-25-8-5-9-26-23)21(11-17)33(30,31)13-16-6-3-4-7-16/h5,8-12,16H,3-4,6-7,13H2,1-2H3,(H,27,29). The zero-order valence-electron chi connectivity index (χ0n) is 18.5. The van der Waals surface area contributed by atoms with E-state index in [-0.39, 0.29) is 33.5 Å². The number of pyridine rings is 1. The number of nitrogens with zero attached hydrogens (tertiary/aromatic N) is 3. The molecule has 0 amide bonds. The van der Waals surface area contributed by atoms with Gasteiger partial charge in [0.15, 0.2) is 15.7 Å². The van der Waals surface area contributed by atoms with Gasteiger partial charge in [-0.15, -0.1) is 0 Å². The van der Waals surface area contributed by atoms with Gasteiger partial charge in [-0.3, -0.25) is 4.79 Å². The van der Waals surface area contributed by atoms with E-state index in [4.69, 9.17) is 4.52 Å². The molecule has 9 heteroatoms. The summed E-state index contributed by atoms with van der Waals surface area (Å²) in [5.41, 5.74) is 2.30. The van der Waals surface area contributed by atoms with Crippen molar-refractivity contribution < 1.29 is 12.9 Å². The first-order valence-corrected chi connectivity index (χ1v) is 12.6. The van der Waals surface area contributed by atoms with E-state index in [0.29, 0.717) is 27.9 Å². The average molecular weight is 465 g/mol. The fourth-order valence-electron chi connectivity index (χ4n) is 4.76. The number of rotatable bonds is 5. The highest BCUT2D eigenvalue weighted by Crippen LogP contribution is 2.36. The molecule has 3 heterocycles. The fourth-order valence-corrected chi connectivity index (χ4v) is 6.70. The van der Waals surface area contributed by atoms with Gasteiger partial charge in [0.2, 0.25) is 0 Å². The Labute approximate surface area is 191 Å². The van der Waals surface area contributed by atoms with Gasteiger partial charge in [0.05, 0.1) is 27.4 Å². The Kier molecular flexibility index (Phi) is 5.36. The summed E-state index contributed by atoms with van der Waals surface area (Å²) >= 11 is 0. The molecule has 0 aliphatic heterocycles. The van der Waals surface area contributed by atoms with Gasteiger partial charge in [-0.1, -0.05) is 18.0 Å². The molecule has 1 N–H and O–H groups in total. The highest BCUT2D eigenvalue weighted by atomic mass is 32.2. The summed E-state index contributed by atoms with van der Waals surface area (Å²) in [4.78, 5) is 24.3. The van der Waals surface area contributed by atoms with Crippen LogP contribution in [-0.2, 0) is 9.84 Å². The summed E-state index contributed by atoms with van der Waals surface area (Å²) in [6.07, 6.45) is 7.04. The summed E-state index contributed by atoms with van der Waals surface area (Å²) in [6, 6.07) is 6.69. The lowest BCUT2D eigenvalue weighted by molar-refractivity contribution is 0.393. The van der Waals surface area contributed by atoms with E-state index in [2.05, 4.69) is 20.1 Å². The number of hydrogen-bond acceptors (Lipinski definition) is 7. The van der Waals surface area contributed by atoms with Crippen LogP contribution in [0.2, 0.25) is 0 Å². The van der Waals surface area contributed by atoms with Crippen molar-refractivity contribution in [3.63, 3.8) is 0 Å². The molecule has 1 aliphatic carbocycles. The van der Waals surface area contributed by atoms with E-state index in [0.717, 1.165) is 31.2 Å². The molecular formula is C24H24N4O4S. The third-order valence-electron chi connectivity index (χ3n) is 6.32. The Balaban J connectivity index is 1.77. The summed E-state index contributed by atoms with van der Waals surface area (Å²) in [5, 5.41) is 4.46. The first-order valence-electron chi connectivity index (χ1n) is 11.0. The first-order chi connectivity index (χ1) is 15.8. The van der Waals surface area contributed by atoms with Crippen molar-refractivity contribution in [1.29, 1.82) is 0 Å². The van der Waals surface area contributed by atoms with Gasteiger partial charge in [0, 0.05) is 23.3 Å². The van der Waals surface area contributed by atoms with Gasteiger partial charge < -0.3 is 9.51 Å². The molecule has 0 saturated heterocycles. The van der Waals surface area contributed by atoms with Crippen LogP contribution in [0.25, 0.3) is 33.4 Å². The van der Waals surface area contributed by atoms with Gasteiger partial charge in [-0.05, 0) is 62.4 Å². The summed E-state index contributed by atoms with van der Waals surface area (Å²) in [7, 11) is -3.64. The lowest BCUT2D eigenvalue weighted by Gasteiger charge is -2.15. The first kappa shape index (κ1) is 21.5. The minimum absolute atomic E-state index is 0.0868. The van der Waals surface area contributed by atoms with E-state index in [1.54, 1.807) is 50.5 Å². The third kappa shape index (κ3) is 3.97. The summed E-state index contributed by atoms with van der Waals surface area (Å²) < 4.78 is 32.6. The van der Waals surface area contributed by atoms with Crippen molar-refractivity contribution in [3.8, 4) is 22.5 Å².